The van der Waals surface area contributed by atoms with E-state index in [1.54, 1.807) is 6.33 Å². The number of rotatable bonds is 0. The standard InChI is InChI=1S/C12H7N3/c1-13-9-2-3-10-8(4-9)5-12-11(10)6-14-7-15-12/h2-4,6-7H,5H2. The first-order valence-corrected chi connectivity index (χ1v) is 4.68. The number of hydrogen-bond donors (Lipinski definition) is 0. The highest BCUT2D eigenvalue weighted by Crippen LogP contribution is 2.36. The third-order valence-electron chi connectivity index (χ3n) is 2.66. The Hall–Kier alpha value is -2.21. The van der Waals surface area contributed by atoms with Gasteiger partial charge in [0, 0.05) is 18.2 Å². The zero-order valence-corrected chi connectivity index (χ0v) is 7.94. The number of hydrogen-bond acceptors (Lipinski definition) is 2. The van der Waals surface area contributed by atoms with E-state index < -0.39 is 0 Å². The van der Waals surface area contributed by atoms with Crippen molar-refractivity contribution >= 4 is 5.69 Å². The van der Waals surface area contributed by atoms with Crippen molar-refractivity contribution in [2.75, 3.05) is 0 Å². The minimum absolute atomic E-state index is 0.689. The molecule has 3 nitrogen and oxygen atoms in total. The van der Waals surface area contributed by atoms with Crippen LogP contribution in [-0.4, -0.2) is 9.97 Å². The largest absolute Gasteiger partial charge is 0.244 e. The first-order chi connectivity index (χ1) is 7.38. The first-order valence-electron chi connectivity index (χ1n) is 4.68. The van der Waals surface area contributed by atoms with Gasteiger partial charge in [-0.1, -0.05) is 18.2 Å². The average Bonchev–Trinajstić information content (AvgIpc) is 2.66. The van der Waals surface area contributed by atoms with Gasteiger partial charge >= 0.3 is 0 Å². The van der Waals surface area contributed by atoms with Crippen LogP contribution in [0.25, 0.3) is 16.0 Å². The molecule has 0 N–H and O–H groups in total. The third kappa shape index (κ3) is 1.12. The second-order valence-corrected chi connectivity index (χ2v) is 3.51. The van der Waals surface area contributed by atoms with E-state index in [0.717, 1.165) is 23.2 Å². The van der Waals surface area contributed by atoms with Crippen molar-refractivity contribution in [2.24, 2.45) is 0 Å². The molecular formula is C12H7N3. The van der Waals surface area contributed by atoms with Crippen LogP contribution < -0.4 is 0 Å². The lowest BCUT2D eigenvalue weighted by Crippen LogP contribution is -1.86. The number of fused-ring (bicyclic) bond motifs is 3. The van der Waals surface area contributed by atoms with Gasteiger partial charge in [0.1, 0.15) is 6.33 Å². The van der Waals surface area contributed by atoms with Crippen molar-refractivity contribution in [1.29, 1.82) is 0 Å². The smallest absolute Gasteiger partial charge is 0.187 e. The molecule has 1 heterocycles. The lowest BCUT2D eigenvalue weighted by atomic mass is 10.1. The minimum atomic E-state index is 0.689. The van der Waals surface area contributed by atoms with E-state index in [4.69, 9.17) is 6.57 Å². The molecule has 3 rings (SSSR count). The Labute approximate surface area is 87.3 Å². The minimum Gasteiger partial charge on any atom is -0.244 e. The Morgan fingerprint density at radius 3 is 3.07 bits per heavy atom. The Bertz CT molecular complexity index is 582. The Morgan fingerprint density at radius 2 is 2.20 bits per heavy atom. The Morgan fingerprint density at radius 1 is 1.27 bits per heavy atom. The van der Waals surface area contributed by atoms with Crippen molar-refractivity contribution in [3.63, 3.8) is 0 Å². The van der Waals surface area contributed by atoms with Crippen molar-refractivity contribution in [2.45, 2.75) is 6.42 Å². The van der Waals surface area contributed by atoms with E-state index in [9.17, 15) is 0 Å². The molecular weight excluding hydrogens is 186 g/mol. The van der Waals surface area contributed by atoms with Gasteiger partial charge in [-0.15, -0.1) is 0 Å². The van der Waals surface area contributed by atoms with Gasteiger partial charge in [0.2, 0.25) is 0 Å². The molecule has 0 radical (unpaired) electrons. The third-order valence-corrected chi connectivity index (χ3v) is 2.66. The normalized spacial score (nSPS) is 11.7. The topological polar surface area (TPSA) is 30.1 Å². The predicted octanol–water partition coefficient (Wildman–Crippen LogP) is 2.60. The number of aromatic nitrogens is 2. The van der Waals surface area contributed by atoms with Gasteiger partial charge < -0.3 is 0 Å². The maximum absolute atomic E-state index is 6.96. The number of nitrogens with zero attached hydrogens (tertiary/aromatic N) is 3. The zero-order chi connectivity index (χ0) is 10.3. The molecule has 1 aliphatic carbocycles. The molecule has 1 aromatic heterocycles. The summed E-state index contributed by atoms with van der Waals surface area (Å²) in [7, 11) is 0. The maximum atomic E-state index is 6.96. The van der Waals surface area contributed by atoms with Gasteiger partial charge in [0.05, 0.1) is 12.3 Å². The summed E-state index contributed by atoms with van der Waals surface area (Å²) in [5, 5.41) is 0. The van der Waals surface area contributed by atoms with Crippen LogP contribution in [-0.2, 0) is 6.42 Å². The summed E-state index contributed by atoms with van der Waals surface area (Å²) in [5.74, 6) is 0. The van der Waals surface area contributed by atoms with Gasteiger partial charge in [0.15, 0.2) is 5.69 Å². The van der Waals surface area contributed by atoms with Crippen LogP contribution in [0.15, 0.2) is 30.7 Å². The van der Waals surface area contributed by atoms with Gasteiger partial charge in [-0.05, 0) is 11.1 Å². The molecule has 1 aromatic carbocycles. The summed E-state index contributed by atoms with van der Waals surface area (Å²) in [6.45, 7) is 6.96. The fourth-order valence-corrected chi connectivity index (χ4v) is 1.96. The molecule has 0 aliphatic heterocycles. The molecule has 0 bridgehead atoms. The van der Waals surface area contributed by atoms with Crippen LogP contribution >= 0.6 is 0 Å². The summed E-state index contributed by atoms with van der Waals surface area (Å²) in [6, 6.07) is 5.76. The zero-order valence-electron chi connectivity index (χ0n) is 7.94. The van der Waals surface area contributed by atoms with Crippen molar-refractivity contribution in [3.05, 3.63) is 53.4 Å². The molecule has 2 aromatic rings. The lowest BCUT2D eigenvalue weighted by molar-refractivity contribution is 1.07. The van der Waals surface area contributed by atoms with Crippen LogP contribution in [0.2, 0.25) is 0 Å². The van der Waals surface area contributed by atoms with E-state index in [1.807, 2.05) is 24.4 Å². The maximum Gasteiger partial charge on any atom is 0.187 e. The van der Waals surface area contributed by atoms with Crippen LogP contribution in [0.3, 0.4) is 0 Å². The summed E-state index contributed by atoms with van der Waals surface area (Å²) in [4.78, 5) is 11.7. The second-order valence-electron chi connectivity index (χ2n) is 3.51. The van der Waals surface area contributed by atoms with E-state index in [1.165, 1.54) is 5.56 Å². The van der Waals surface area contributed by atoms with Crippen LogP contribution in [0.5, 0.6) is 0 Å². The van der Waals surface area contributed by atoms with Crippen molar-refractivity contribution in [3.8, 4) is 11.1 Å². The Balaban J connectivity index is 2.23. The molecule has 15 heavy (non-hydrogen) atoms. The molecule has 0 amide bonds. The lowest BCUT2D eigenvalue weighted by Gasteiger charge is -1.98. The van der Waals surface area contributed by atoms with Crippen molar-refractivity contribution < 1.29 is 0 Å². The molecule has 1 aliphatic rings. The molecule has 0 atom stereocenters. The van der Waals surface area contributed by atoms with Gasteiger partial charge in [0.25, 0.3) is 0 Å². The summed E-state index contributed by atoms with van der Waals surface area (Å²) >= 11 is 0. The van der Waals surface area contributed by atoms with E-state index >= 15 is 0 Å². The molecule has 0 saturated heterocycles. The summed E-state index contributed by atoms with van der Waals surface area (Å²) in [5.41, 5.74) is 5.19. The van der Waals surface area contributed by atoms with E-state index in [0.29, 0.717) is 5.69 Å². The first kappa shape index (κ1) is 8.13. The highest BCUT2D eigenvalue weighted by molar-refractivity contribution is 5.76. The number of benzene rings is 1. The van der Waals surface area contributed by atoms with E-state index in [-0.39, 0.29) is 0 Å². The summed E-state index contributed by atoms with van der Waals surface area (Å²) < 4.78 is 0. The predicted molar refractivity (Wildman–Crippen MR) is 56.5 cm³/mol. The molecule has 0 unspecified atom stereocenters. The van der Waals surface area contributed by atoms with Crippen molar-refractivity contribution in [1.82, 2.24) is 9.97 Å². The fraction of sp³-hybridized carbons (Fsp3) is 0.0833. The highest BCUT2D eigenvalue weighted by atomic mass is 14.8. The molecule has 0 spiro atoms. The van der Waals surface area contributed by atoms with E-state index in [2.05, 4.69) is 14.8 Å². The monoisotopic (exact) mass is 193 g/mol. The van der Waals surface area contributed by atoms with Crippen LogP contribution in [0.4, 0.5) is 5.69 Å². The van der Waals surface area contributed by atoms with Gasteiger partial charge in [-0.25, -0.2) is 14.8 Å². The second kappa shape index (κ2) is 2.89. The molecule has 70 valence electrons. The quantitative estimate of drug-likeness (QED) is 0.514. The summed E-state index contributed by atoms with van der Waals surface area (Å²) in [6.07, 6.45) is 4.22. The highest BCUT2D eigenvalue weighted by Gasteiger charge is 2.19. The molecule has 3 heteroatoms. The average molecular weight is 193 g/mol. The van der Waals surface area contributed by atoms with Gasteiger partial charge in [-0.2, -0.15) is 0 Å². The fourth-order valence-electron chi connectivity index (χ4n) is 1.96. The SMILES string of the molecule is [C-]#[N+]c1ccc2c(c1)Cc1ncncc1-2. The van der Waals surface area contributed by atoms with Crippen LogP contribution in [0, 0.1) is 6.57 Å². The van der Waals surface area contributed by atoms with Crippen LogP contribution in [0.1, 0.15) is 11.3 Å². The molecule has 0 saturated carbocycles. The molecule has 0 fully saturated rings. The Kier molecular flexibility index (Phi) is 1.57. The van der Waals surface area contributed by atoms with Gasteiger partial charge in [-0.3, -0.25) is 0 Å².